The van der Waals surface area contributed by atoms with Crippen LogP contribution < -0.4 is 4.90 Å². The number of thiazole rings is 2. The number of nitrogens with zero attached hydrogens (tertiary/aromatic N) is 4. The second-order valence-corrected chi connectivity index (χ2v) is 8.89. The van der Waals surface area contributed by atoms with Crippen LogP contribution in [0.15, 0.2) is 66.9 Å². The number of aromatic nitrogens is 3. The number of carbonyl (C=O) groups is 1. The summed E-state index contributed by atoms with van der Waals surface area (Å²) in [6.07, 6.45) is 2.70. The molecule has 0 aliphatic carbocycles. The molecule has 0 atom stereocenters. The largest absolute Gasteiger partial charge is 0.289 e. The van der Waals surface area contributed by atoms with Crippen molar-refractivity contribution in [2.24, 2.45) is 0 Å². The Kier molecular flexibility index (Phi) is 4.98. The highest BCUT2D eigenvalue weighted by molar-refractivity contribution is 7.23. The summed E-state index contributed by atoms with van der Waals surface area (Å²) >= 11 is 2.93. The lowest BCUT2D eigenvalue weighted by molar-refractivity contribution is 0.0984. The van der Waals surface area contributed by atoms with E-state index in [1.807, 2.05) is 48.5 Å². The van der Waals surface area contributed by atoms with Crippen LogP contribution in [0.25, 0.3) is 20.4 Å². The van der Waals surface area contributed by atoms with Gasteiger partial charge >= 0.3 is 0 Å². The molecule has 5 rings (SSSR count). The minimum absolute atomic E-state index is 0.156. The van der Waals surface area contributed by atoms with Crippen LogP contribution in [0.3, 0.4) is 0 Å². The molecule has 5 nitrogen and oxygen atoms in total. The molecule has 1 amide bonds. The monoisotopic (exact) mass is 430 g/mol. The molecule has 0 radical (unpaired) electrons. The molecule has 0 spiro atoms. The molecule has 148 valence electrons. The number of carbonyl (C=O) groups excluding carboxylic acids is 1. The molecule has 3 heterocycles. The van der Waals surface area contributed by atoms with Crippen LogP contribution in [-0.4, -0.2) is 20.9 Å². The Morgan fingerprint density at radius 3 is 2.57 bits per heavy atom. The van der Waals surface area contributed by atoms with Crippen LogP contribution >= 0.6 is 22.7 Å². The topological polar surface area (TPSA) is 59.0 Å². The van der Waals surface area contributed by atoms with Crippen molar-refractivity contribution in [3.63, 3.8) is 0 Å². The van der Waals surface area contributed by atoms with Gasteiger partial charge in [0.2, 0.25) is 0 Å². The predicted molar refractivity (Wildman–Crippen MR) is 123 cm³/mol. The number of anilines is 1. The second kappa shape index (κ2) is 7.93. The molecule has 7 heteroatoms. The summed E-state index contributed by atoms with van der Waals surface area (Å²) in [6, 6.07) is 19.8. The van der Waals surface area contributed by atoms with Gasteiger partial charge in [-0.2, -0.15) is 0 Å². The lowest BCUT2D eigenvalue weighted by Crippen LogP contribution is -2.30. The fourth-order valence-corrected chi connectivity index (χ4v) is 5.19. The van der Waals surface area contributed by atoms with Crippen molar-refractivity contribution in [1.29, 1.82) is 0 Å². The van der Waals surface area contributed by atoms with Crippen molar-refractivity contribution in [3.05, 3.63) is 83.1 Å². The Balaban J connectivity index is 1.58. The van der Waals surface area contributed by atoms with Crippen molar-refractivity contribution in [2.45, 2.75) is 19.9 Å². The number of rotatable bonds is 5. The third-order valence-corrected chi connectivity index (χ3v) is 6.91. The SMILES string of the molecule is CCc1ccc2nc(N(Cc3ccccn3)C(=O)c3nc4ccccc4s3)sc2c1. The van der Waals surface area contributed by atoms with E-state index in [9.17, 15) is 4.79 Å². The van der Waals surface area contributed by atoms with Crippen LogP contribution in [0.4, 0.5) is 5.13 Å². The summed E-state index contributed by atoms with van der Waals surface area (Å²) in [5.41, 5.74) is 3.79. The quantitative estimate of drug-likeness (QED) is 0.358. The molecule has 2 aromatic carbocycles. The first-order valence-electron chi connectivity index (χ1n) is 9.68. The Hall–Kier alpha value is -3.16. The van der Waals surface area contributed by atoms with Gasteiger partial charge in [-0.3, -0.25) is 14.7 Å². The molecule has 0 unspecified atom stereocenters. The van der Waals surface area contributed by atoms with Gasteiger partial charge in [-0.1, -0.05) is 42.5 Å². The molecule has 0 aliphatic heterocycles. The highest BCUT2D eigenvalue weighted by atomic mass is 32.1. The van der Waals surface area contributed by atoms with E-state index in [1.54, 1.807) is 11.1 Å². The van der Waals surface area contributed by atoms with E-state index in [0.29, 0.717) is 16.7 Å². The van der Waals surface area contributed by atoms with Crippen molar-refractivity contribution in [2.75, 3.05) is 4.90 Å². The minimum Gasteiger partial charge on any atom is -0.276 e. The van der Waals surface area contributed by atoms with Gasteiger partial charge in [-0.15, -0.1) is 11.3 Å². The van der Waals surface area contributed by atoms with Crippen molar-refractivity contribution >= 4 is 54.1 Å². The van der Waals surface area contributed by atoms with Gasteiger partial charge < -0.3 is 0 Å². The summed E-state index contributed by atoms with van der Waals surface area (Å²) in [4.78, 5) is 29.0. The number of amides is 1. The van der Waals surface area contributed by atoms with E-state index in [-0.39, 0.29) is 5.91 Å². The van der Waals surface area contributed by atoms with Crippen LogP contribution in [0, 0.1) is 0 Å². The Labute approximate surface area is 181 Å². The molecule has 0 fully saturated rings. The van der Waals surface area contributed by atoms with Crippen LogP contribution in [-0.2, 0) is 13.0 Å². The zero-order valence-corrected chi connectivity index (χ0v) is 17.9. The van der Waals surface area contributed by atoms with E-state index >= 15 is 0 Å². The number of para-hydroxylation sites is 1. The molecular weight excluding hydrogens is 412 g/mol. The smallest absolute Gasteiger partial charge is 0.276 e. The van der Waals surface area contributed by atoms with E-state index in [4.69, 9.17) is 4.98 Å². The number of hydrogen-bond acceptors (Lipinski definition) is 6. The zero-order chi connectivity index (χ0) is 20.5. The standard InChI is InChI=1S/C23H18N4OS2/c1-2-15-10-11-18-20(13-15)30-23(26-18)27(14-16-7-5-6-12-24-16)22(28)21-25-17-8-3-4-9-19(17)29-21/h3-13H,2,14H2,1H3. The molecule has 30 heavy (non-hydrogen) atoms. The summed E-state index contributed by atoms with van der Waals surface area (Å²) < 4.78 is 2.07. The van der Waals surface area contributed by atoms with E-state index in [2.05, 4.69) is 29.0 Å². The van der Waals surface area contributed by atoms with Crippen LogP contribution in [0.5, 0.6) is 0 Å². The van der Waals surface area contributed by atoms with Crippen molar-refractivity contribution in [1.82, 2.24) is 15.0 Å². The Morgan fingerprint density at radius 2 is 1.77 bits per heavy atom. The van der Waals surface area contributed by atoms with Gasteiger partial charge in [-0.05, 0) is 48.4 Å². The average molecular weight is 431 g/mol. The van der Waals surface area contributed by atoms with Gasteiger partial charge in [-0.25, -0.2) is 9.97 Å². The number of hydrogen-bond donors (Lipinski definition) is 0. The van der Waals surface area contributed by atoms with Crippen molar-refractivity contribution in [3.8, 4) is 0 Å². The number of pyridine rings is 1. The van der Waals surface area contributed by atoms with E-state index in [1.165, 1.54) is 28.2 Å². The first-order valence-corrected chi connectivity index (χ1v) is 11.3. The summed E-state index contributed by atoms with van der Waals surface area (Å²) in [5.74, 6) is -0.156. The van der Waals surface area contributed by atoms with Crippen LogP contribution in [0.1, 0.15) is 28.0 Å². The highest BCUT2D eigenvalue weighted by Crippen LogP contribution is 2.32. The molecule has 0 saturated carbocycles. The predicted octanol–water partition coefficient (Wildman–Crippen LogP) is 5.71. The van der Waals surface area contributed by atoms with Crippen molar-refractivity contribution < 1.29 is 4.79 Å². The number of benzene rings is 2. The zero-order valence-electron chi connectivity index (χ0n) is 16.3. The van der Waals surface area contributed by atoms with E-state index in [0.717, 1.165) is 32.5 Å². The maximum Gasteiger partial charge on any atom is 0.289 e. The van der Waals surface area contributed by atoms with Crippen LogP contribution in [0.2, 0.25) is 0 Å². The van der Waals surface area contributed by atoms with Gasteiger partial charge in [0.1, 0.15) is 0 Å². The summed E-state index contributed by atoms with van der Waals surface area (Å²) in [5, 5.41) is 1.12. The number of aryl methyl sites for hydroxylation is 1. The van der Waals surface area contributed by atoms with Gasteiger partial charge in [0.05, 0.1) is 32.7 Å². The molecule has 0 saturated heterocycles. The second-order valence-electron chi connectivity index (χ2n) is 6.85. The lowest BCUT2D eigenvalue weighted by atomic mass is 10.2. The first-order chi connectivity index (χ1) is 14.7. The average Bonchev–Trinajstić information content (AvgIpc) is 3.41. The van der Waals surface area contributed by atoms with Gasteiger partial charge in [0.25, 0.3) is 5.91 Å². The minimum atomic E-state index is -0.156. The molecule has 5 aromatic rings. The molecule has 0 bridgehead atoms. The fraction of sp³-hybridized carbons (Fsp3) is 0.130. The molecule has 3 aromatic heterocycles. The van der Waals surface area contributed by atoms with E-state index < -0.39 is 0 Å². The Bertz CT molecular complexity index is 1310. The first kappa shape index (κ1) is 18.8. The normalized spacial score (nSPS) is 11.2. The molecule has 0 aliphatic rings. The summed E-state index contributed by atoms with van der Waals surface area (Å²) in [6.45, 7) is 2.48. The number of fused-ring (bicyclic) bond motifs is 2. The third kappa shape index (κ3) is 3.58. The maximum atomic E-state index is 13.5. The van der Waals surface area contributed by atoms with Gasteiger partial charge in [0.15, 0.2) is 10.1 Å². The third-order valence-electron chi connectivity index (χ3n) is 4.85. The van der Waals surface area contributed by atoms with Gasteiger partial charge in [0, 0.05) is 6.20 Å². The lowest BCUT2D eigenvalue weighted by Gasteiger charge is -2.18. The maximum absolute atomic E-state index is 13.5. The Morgan fingerprint density at radius 1 is 0.933 bits per heavy atom. The summed E-state index contributed by atoms with van der Waals surface area (Å²) in [7, 11) is 0. The fourth-order valence-electron chi connectivity index (χ4n) is 3.25. The molecule has 0 N–H and O–H groups in total. The highest BCUT2D eigenvalue weighted by Gasteiger charge is 2.25. The molecular formula is C23H18N4OS2.